The van der Waals surface area contributed by atoms with Crippen LogP contribution in [0.25, 0.3) is 5.65 Å². The highest BCUT2D eigenvalue weighted by molar-refractivity contribution is 5.92. The van der Waals surface area contributed by atoms with Gasteiger partial charge in [0.1, 0.15) is 5.65 Å². The van der Waals surface area contributed by atoms with Gasteiger partial charge in [0.15, 0.2) is 11.5 Å². The van der Waals surface area contributed by atoms with Gasteiger partial charge in [0.05, 0.1) is 12.1 Å². The number of imidazole rings is 1. The molecule has 0 saturated heterocycles. The van der Waals surface area contributed by atoms with Gasteiger partial charge in [-0.15, -0.1) is 10.2 Å². The molecule has 0 radical (unpaired) electrons. The van der Waals surface area contributed by atoms with Crippen molar-refractivity contribution in [1.82, 2.24) is 9.38 Å². The van der Waals surface area contributed by atoms with Crippen molar-refractivity contribution in [1.29, 1.82) is 0 Å². The first-order chi connectivity index (χ1) is 12.0. The molecular formula is C17H14N4O4. The maximum atomic E-state index is 11.4. The lowest BCUT2D eigenvalue weighted by Crippen LogP contribution is -1.99. The first-order valence-electron chi connectivity index (χ1n) is 7.39. The van der Waals surface area contributed by atoms with E-state index in [0.717, 1.165) is 5.56 Å². The highest BCUT2D eigenvalue weighted by Gasteiger charge is 2.19. The van der Waals surface area contributed by atoms with Crippen molar-refractivity contribution in [2.24, 2.45) is 10.2 Å². The standard InChI is InChI=1S/C17H14N4O4/c1-10-3-2-8-21-15(10)18-14(17(24)25)16(21)20-19-12-6-4-11(5-7-12)9-13(22)23/h2-8H,9H2,1H3,(H,22,23)(H,24,25). The minimum Gasteiger partial charge on any atom is -0.481 e. The monoisotopic (exact) mass is 338 g/mol. The summed E-state index contributed by atoms with van der Waals surface area (Å²) in [6.45, 7) is 1.83. The van der Waals surface area contributed by atoms with Crippen molar-refractivity contribution >= 4 is 29.1 Å². The summed E-state index contributed by atoms with van der Waals surface area (Å²) in [7, 11) is 0. The third-order valence-corrected chi connectivity index (χ3v) is 3.57. The van der Waals surface area contributed by atoms with E-state index in [1.807, 2.05) is 13.0 Å². The van der Waals surface area contributed by atoms with Gasteiger partial charge in [-0.2, -0.15) is 0 Å². The first kappa shape index (κ1) is 16.3. The molecule has 0 amide bonds. The van der Waals surface area contributed by atoms with Crippen molar-refractivity contribution in [3.63, 3.8) is 0 Å². The fraction of sp³-hybridized carbons (Fsp3) is 0.118. The van der Waals surface area contributed by atoms with Crippen molar-refractivity contribution in [3.05, 3.63) is 59.4 Å². The smallest absolute Gasteiger partial charge is 0.358 e. The number of pyridine rings is 1. The Kier molecular flexibility index (Phi) is 4.25. The predicted molar refractivity (Wildman–Crippen MR) is 88.8 cm³/mol. The van der Waals surface area contributed by atoms with E-state index in [0.29, 0.717) is 16.9 Å². The predicted octanol–water partition coefficient (Wildman–Crippen LogP) is 3.38. The van der Waals surface area contributed by atoms with Crippen molar-refractivity contribution < 1.29 is 19.8 Å². The third kappa shape index (κ3) is 3.37. The van der Waals surface area contributed by atoms with E-state index in [-0.39, 0.29) is 17.9 Å². The van der Waals surface area contributed by atoms with Gasteiger partial charge in [0.2, 0.25) is 0 Å². The van der Waals surface area contributed by atoms with Gasteiger partial charge in [-0.05, 0) is 36.2 Å². The Labute approximate surface area is 142 Å². The van der Waals surface area contributed by atoms with Crippen LogP contribution in [0.15, 0.2) is 52.8 Å². The highest BCUT2D eigenvalue weighted by atomic mass is 16.4. The fourth-order valence-corrected chi connectivity index (χ4v) is 2.39. The average Bonchev–Trinajstić information content (AvgIpc) is 2.94. The molecule has 3 aromatic rings. The van der Waals surface area contributed by atoms with E-state index in [2.05, 4.69) is 15.2 Å². The van der Waals surface area contributed by atoms with Crippen molar-refractivity contribution in [2.75, 3.05) is 0 Å². The van der Waals surface area contributed by atoms with E-state index >= 15 is 0 Å². The molecule has 2 heterocycles. The zero-order valence-corrected chi connectivity index (χ0v) is 13.2. The van der Waals surface area contributed by atoms with Gasteiger partial charge in [0, 0.05) is 6.20 Å². The second-order valence-electron chi connectivity index (χ2n) is 5.41. The maximum Gasteiger partial charge on any atom is 0.358 e. The lowest BCUT2D eigenvalue weighted by Gasteiger charge is -1.99. The van der Waals surface area contributed by atoms with Gasteiger partial charge in [-0.1, -0.05) is 18.2 Å². The number of carboxylic acid groups (broad SMARTS) is 2. The molecule has 8 nitrogen and oxygen atoms in total. The number of carboxylic acids is 2. The van der Waals surface area contributed by atoms with Crippen LogP contribution < -0.4 is 0 Å². The van der Waals surface area contributed by atoms with Gasteiger partial charge < -0.3 is 10.2 Å². The molecule has 0 spiro atoms. The number of aliphatic carboxylic acids is 1. The number of rotatable bonds is 5. The second-order valence-corrected chi connectivity index (χ2v) is 5.41. The number of hydrogen-bond acceptors (Lipinski definition) is 5. The summed E-state index contributed by atoms with van der Waals surface area (Å²) in [6.07, 6.45) is 1.60. The lowest BCUT2D eigenvalue weighted by molar-refractivity contribution is -0.136. The summed E-state index contributed by atoms with van der Waals surface area (Å²) >= 11 is 0. The van der Waals surface area contributed by atoms with Gasteiger partial charge >= 0.3 is 11.9 Å². The zero-order chi connectivity index (χ0) is 18.0. The molecule has 0 bridgehead atoms. The average molecular weight is 338 g/mol. The molecule has 0 aliphatic heterocycles. The van der Waals surface area contributed by atoms with E-state index in [1.54, 1.807) is 40.9 Å². The summed E-state index contributed by atoms with van der Waals surface area (Å²) in [4.78, 5) is 26.2. The highest BCUT2D eigenvalue weighted by Crippen LogP contribution is 2.25. The molecule has 3 rings (SSSR count). The fourth-order valence-electron chi connectivity index (χ4n) is 2.39. The van der Waals surface area contributed by atoms with Crippen LogP contribution in [0.3, 0.4) is 0 Å². The summed E-state index contributed by atoms with van der Waals surface area (Å²) in [5.41, 5.74) is 2.27. The number of benzene rings is 1. The normalized spacial score (nSPS) is 11.2. The number of carbonyl (C=O) groups is 2. The molecule has 8 heteroatoms. The SMILES string of the molecule is Cc1cccn2c(N=Nc3ccc(CC(=O)O)cc3)c(C(=O)O)nc12. The second kappa shape index (κ2) is 6.52. The Morgan fingerprint density at radius 1 is 1.12 bits per heavy atom. The number of fused-ring (bicyclic) bond motifs is 1. The van der Waals surface area contributed by atoms with Crippen LogP contribution in [0.4, 0.5) is 11.5 Å². The van der Waals surface area contributed by atoms with E-state index in [4.69, 9.17) is 5.11 Å². The van der Waals surface area contributed by atoms with Crippen LogP contribution in [-0.2, 0) is 11.2 Å². The zero-order valence-electron chi connectivity index (χ0n) is 13.2. The van der Waals surface area contributed by atoms with Crippen LogP contribution in [0.1, 0.15) is 21.6 Å². The summed E-state index contributed by atoms with van der Waals surface area (Å²) < 4.78 is 1.57. The number of nitrogens with zero attached hydrogens (tertiary/aromatic N) is 4. The van der Waals surface area contributed by atoms with Crippen molar-refractivity contribution in [2.45, 2.75) is 13.3 Å². The molecule has 0 aliphatic carbocycles. The number of hydrogen-bond donors (Lipinski definition) is 2. The largest absolute Gasteiger partial charge is 0.481 e. The van der Waals surface area contributed by atoms with Crippen LogP contribution in [-0.4, -0.2) is 31.5 Å². The van der Waals surface area contributed by atoms with Crippen LogP contribution in [0.2, 0.25) is 0 Å². The van der Waals surface area contributed by atoms with Crippen LogP contribution >= 0.6 is 0 Å². The lowest BCUT2D eigenvalue weighted by atomic mass is 10.1. The molecule has 1 aromatic carbocycles. The molecule has 0 saturated carbocycles. The number of aromatic carboxylic acids is 1. The molecule has 2 N–H and O–H groups in total. The van der Waals surface area contributed by atoms with Crippen LogP contribution in [0.5, 0.6) is 0 Å². The topological polar surface area (TPSA) is 117 Å². The molecule has 2 aromatic heterocycles. The Balaban J connectivity index is 1.98. The minimum atomic E-state index is -1.19. The van der Waals surface area contributed by atoms with Crippen molar-refractivity contribution in [3.8, 4) is 0 Å². The quantitative estimate of drug-likeness (QED) is 0.692. The Bertz CT molecular complexity index is 990. The van der Waals surface area contributed by atoms with E-state index in [9.17, 15) is 14.7 Å². The molecule has 126 valence electrons. The summed E-state index contributed by atoms with van der Waals surface area (Å²) in [5, 5.41) is 26.2. The molecule has 0 atom stereocenters. The van der Waals surface area contributed by atoms with Gasteiger partial charge in [-0.3, -0.25) is 9.20 Å². The molecule has 25 heavy (non-hydrogen) atoms. The Hall–Kier alpha value is -3.55. The Morgan fingerprint density at radius 2 is 1.84 bits per heavy atom. The van der Waals surface area contributed by atoms with Gasteiger partial charge in [-0.25, -0.2) is 9.78 Å². The minimum absolute atomic E-state index is 0.0763. The number of aromatic nitrogens is 2. The number of azo groups is 1. The maximum absolute atomic E-state index is 11.4. The molecular weight excluding hydrogens is 324 g/mol. The Morgan fingerprint density at radius 3 is 2.48 bits per heavy atom. The molecule has 0 aliphatic rings. The summed E-state index contributed by atoms with van der Waals surface area (Å²) in [6, 6.07) is 10.1. The van der Waals surface area contributed by atoms with Crippen LogP contribution in [0, 0.1) is 6.92 Å². The third-order valence-electron chi connectivity index (χ3n) is 3.57. The molecule has 0 unspecified atom stereocenters. The summed E-state index contributed by atoms with van der Waals surface area (Å²) in [5.74, 6) is -1.98. The molecule has 0 fully saturated rings. The first-order valence-corrected chi connectivity index (χ1v) is 7.39. The number of aryl methyl sites for hydroxylation is 1. The van der Waals surface area contributed by atoms with Gasteiger partial charge in [0.25, 0.3) is 0 Å². The van der Waals surface area contributed by atoms with E-state index in [1.165, 1.54) is 0 Å². The van der Waals surface area contributed by atoms with E-state index < -0.39 is 11.9 Å².